The molecule has 0 bridgehead atoms. The van der Waals surface area contributed by atoms with Gasteiger partial charge in [-0.1, -0.05) is 31.4 Å². The molecule has 5 heteroatoms. The fourth-order valence-corrected chi connectivity index (χ4v) is 3.51. The first-order valence-corrected chi connectivity index (χ1v) is 8.65. The second-order valence-electron chi connectivity index (χ2n) is 6.66. The number of amides is 1. The Morgan fingerprint density at radius 1 is 1.38 bits per heavy atom. The maximum atomic E-state index is 13.6. The normalized spacial score (nSPS) is 16.8. The highest BCUT2D eigenvalue weighted by molar-refractivity contribution is 5.77. The second-order valence-corrected chi connectivity index (χ2v) is 6.66. The number of rotatable bonds is 5. The number of hydrogen-bond acceptors (Lipinski definition) is 2. The van der Waals surface area contributed by atoms with Gasteiger partial charge in [0.1, 0.15) is 17.7 Å². The summed E-state index contributed by atoms with van der Waals surface area (Å²) in [6.07, 6.45) is 10.0. The number of hydrogen-bond donors (Lipinski definition) is 1. The molecule has 1 aromatic heterocycles. The Hall–Kier alpha value is -2.17. The van der Waals surface area contributed by atoms with Crippen molar-refractivity contribution in [2.24, 2.45) is 13.0 Å². The molecule has 4 nitrogen and oxygen atoms in total. The van der Waals surface area contributed by atoms with Gasteiger partial charge in [0.05, 0.1) is 0 Å². The van der Waals surface area contributed by atoms with E-state index in [0.717, 1.165) is 12.8 Å². The van der Waals surface area contributed by atoms with Crippen LogP contribution in [0.1, 0.15) is 56.0 Å². The summed E-state index contributed by atoms with van der Waals surface area (Å²) in [6, 6.07) is 5.91. The minimum Gasteiger partial charge on any atom is -0.342 e. The van der Waals surface area contributed by atoms with Crippen molar-refractivity contribution < 1.29 is 9.18 Å². The van der Waals surface area contributed by atoms with Gasteiger partial charge in [0.25, 0.3) is 0 Å². The molecule has 0 saturated heterocycles. The molecule has 0 aliphatic heterocycles. The van der Waals surface area contributed by atoms with Crippen LogP contribution >= 0.6 is 0 Å². The lowest BCUT2D eigenvalue weighted by molar-refractivity contribution is -0.122. The van der Waals surface area contributed by atoms with Crippen molar-refractivity contribution in [2.45, 2.75) is 44.6 Å². The van der Waals surface area contributed by atoms with Crippen LogP contribution < -0.4 is 5.32 Å². The van der Waals surface area contributed by atoms with Crippen molar-refractivity contribution in [1.29, 1.82) is 0 Å². The van der Waals surface area contributed by atoms with E-state index in [9.17, 15) is 9.18 Å². The molecule has 1 fully saturated rings. The molecule has 0 radical (unpaired) electrons. The number of nitrogens with one attached hydrogen (secondary N) is 1. The first-order chi connectivity index (χ1) is 11.6. The van der Waals surface area contributed by atoms with E-state index in [4.69, 9.17) is 0 Å². The predicted molar refractivity (Wildman–Crippen MR) is 90.8 cm³/mol. The van der Waals surface area contributed by atoms with Crippen LogP contribution in [-0.2, 0) is 11.8 Å². The van der Waals surface area contributed by atoms with E-state index in [-0.39, 0.29) is 11.7 Å². The van der Waals surface area contributed by atoms with Crippen LogP contribution in [0.5, 0.6) is 0 Å². The zero-order valence-corrected chi connectivity index (χ0v) is 14.0. The summed E-state index contributed by atoms with van der Waals surface area (Å²) in [6.45, 7) is 0. The van der Waals surface area contributed by atoms with Gasteiger partial charge in [-0.3, -0.25) is 4.79 Å². The van der Waals surface area contributed by atoms with Crippen molar-refractivity contribution in [1.82, 2.24) is 14.9 Å². The molecule has 1 unspecified atom stereocenters. The van der Waals surface area contributed by atoms with Gasteiger partial charge in [0, 0.05) is 25.9 Å². The van der Waals surface area contributed by atoms with Crippen LogP contribution in [0.3, 0.4) is 0 Å². The van der Waals surface area contributed by atoms with Crippen molar-refractivity contribution in [3.05, 3.63) is 53.9 Å². The smallest absolute Gasteiger partial charge is 0.221 e. The van der Waals surface area contributed by atoms with E-state index in [1.807, 2.05) is 23.9 Å². The summed E-state index contributed by atoms with van der Waals surface area (Å²) in [5.41, 5.74) is 0.710. The van der Waals surface area contributed by atoms with E-state index < -0.39 is 6.04 Å². The number of imidazole rings is 1. The Kier molecular flexibility index (Phi) is 5.28. The fourth-order valence-electron chi connectivity index (χ4n) is 3.51. The molecule has 3 rings (SSSR count). The third kappa shape index (κ3) is 4.02. The minimum atomic E-state index is -0.434. The van der Waals surface area contributed by atoms with Crippen LogP contribution in [-0.4, -0.2) is 15.5 Å². The van der Waals surface area contributed by atoms with Gasteiger partial charge in [0.2, 0.25) is 5.91 Å². The summed E-state index contributed by atoms with van der Waals surface area (Å²) in [5.74, 6) is 0.873. The summed E-state index contributed by atoms with van der Waals surface area (Å²) >= 11 is 0. The van der Waals surface area contributed by atoms with E-state index in [2.05, 4.69) is 10.3 Å². The molecule has 1 aliphatic rings. The van der Waals surface area contributed by atoms with Crippen molar-refractivity contribution in [2.75, 3.05) is 0 Å². The molecule has 1 saturated carbocycles. The predicted octanol–water partition coefficient (Wildman–Crippen LogP) is 3.74. The monoisotopic (exact) mass is 329 g/mol. The molecule has 1 atom stereocenters. The minimum absolute atomic E-state index is 0.0131. The van der Waals surface area contributed by atoms with Gasteiger partial charge >= 0.3 is 0 Å². The molecule has 2 aromatic rings. The summed E-state index contributed by atoms with van der Waals surface area (Å²) in [7, 11) is 1.88. The maximum Gasteiger partial charge on any atom is 0.221 e. The van der Waals surface area contributed by atoms with Gasteiger partial charge in [-0.2, -0.15) is 0 Å². The van der Waals surface area contributed by atoms with E-state index in [0.29, 0.717) is 23.7 Å². The van der Waals surface area contributed by atoms with E-state index in [1.165, 1.54) is 31.4 Å². The number of aryl methyl sites for hydroxylation is 1. The molecule has 1 N–H and O–H groups in total. The Morgan fingerprint density at radius 2 is 2.17 bits per heavy atom. The Labute approximate surface area is 142 Å². The summed E-state index contributed by atoms with van der Waals surface area (Å²) < 4.78 is 15.5. The number of carbonyl (C=O) groups excluding carboxylic acids is 1. The maximum absolute atomic E-state index is 13.6. The van der Waals surface area contributed by atoms with Gasteiger partial charge in [-0.05, 0) is 36.5 Å². The first kappa shape index (κ1) is 16.7. The quantitative estimate of drug-likeness (QED) is 0.908. The molecular weight excluding hydrogens is 305 g/mol. The summed E-state index contributed by atoms with van der Waals surface area (Å²) in [4.78, 5) is 16.9. The molecule has 1 aliphatic carbocycles. The highest BCUT2D eigenvalue weighted by Crippen LogP contribution is 2.27. The van der Waals surface area contributed by atoms with E-state index >= 15 is 0 Å². The van der Waals surface area contributed by atoms with Gasteiger partial charge in [-0.15, -0.1) is 0 Å². The number of nitrogens with zero attached hydrogens (tertiary/aromatic N) is 2. The third-order valence-corrected chi connectivity index (χ3v) is 4.80. The van der Waals surface area contributed by atoms with Crippen LogP contribution in [0.25, 0.3) is 0 Å². The van der Waals surface area contributed by atoms with Crippen LogP contribution in [0, 0.1) is 11.7 Å². The number of halogens is 1. The molecular formula is C19H24FN3O. The van der Waals surface area contributed by atoms with Crippen molar-refractivity contribution in [3.8, 4) is 0 Å². The molecule has 1 aromatic carbocycles. The Morgan fingerprint density at radius 3 is 2.83 bits per heavy atom. The van der Waals surface area contributed by atoms with Crippen molar-refractivity contribution in [3.63, 3.8) is 0 Å². The van der Waals surface area contributed by atoms with E-state index in [1.54, 1.807) is 12.3 Å². The Balaban J connectivity index is 1.77. The fraction of sp³-hybridized carbons (Fsp3) is 0.474. The zero-order valence-electron chi connectivity index (χ0n) is 14.0. The average molecular weight is 329 g/mol. The Bertz CT molecular complexity index is 691. The number of aromatic nitrogens is 2. The standard InChI is InChI=1S/C19H24FN3O/c1-23-11-10-21-19(23)18(15-8-5-9-16(20)13-15)22-17(24)12-14-6-3-2-4-7-14/h5,8-11,13-14,18H,2-4,6-7,12H2,1H3,(H,22,24). The largest absolute Gasteiger partial charge is 0.342 e. The van der Waals surface area contributed by atoms with Crippen LogP contribution in [0.2, 0.25) is 0 Å². The molecule has 0 spiro atoms. The lowest BCUT2D eigenvalue weighted by Gasteiger charge is -2.23. The van der Waals surface area contributed by atoms with Gasteiger partial charge in [0.15, 0.2) is 0 Å². The second kappa shape index (κ2) is 7.60. The first-order valence-electron chi connectivity index (χ1n) is 8.65. The number of benzene rings is 1. The molecule has 24 heavy (non-hydrogen) atoms. The lowest BCUT2D eigenvalue weighted by Crippen LogP contribution is -2.32. The molecule has 1 amide bonds. The zero-order chi connectivity index (χ0) is 16.9. The van der Waals surface area contributed by atoms with Crippen molar-refractivity contribution >= 4 is 5.91 Å². The van der Waals surface area contributed by atoms with Crippen LogP contribution in [0.4, 0.5) is 4.39 Å². The third-order valence-electron chi connectivity index (χ3n) is 4.80. The van der Waals surface area contributed by atoms with Crippen LogP contribution in [0.15, 0.2) is 36.7 Å². The average Bonchev–Trinajstić information content (AvgIpc) is 2.99. The van der Waals surface area contributed by atoms with Gasteiger partial charge in [-0.25, -0.2) is 9.37 Å². The molecule has 128 valence electrons. The topological polar surface area (TPSA) is 46.9 Å². The summed E-state index contributed by atoms with van der Waals surface area (Å²) in [5, 5.41) is 3.06. The van der Waals surface area contributed by atoms with Gasteiger partial charge < -0.3 is 9.88 Å². The highest BCUT2D eigenvalue weighted by Gasteiger charge is 2.23. The lowest BCUT2D eigenvalue weighted by atomic mass is 9.86. The number of carbonyl (C=O) groups is 1. The SMILES string of the molecule is Cn1ccnc1C(NC(=O)CC1CCCCC1)c1cccc(F)c1. The molecule has 1 heterocycles. The highest BCUT2D eigenvalue weighted by atomic mass is 19.1.